The van der Waals surface area contributed by atoms with Crippen molar-refractivity contribution >= 4 is 17.3 Å². The minimum Gasteiger partial charge on any atom is -0.398 e. The van der Waals surface area contributed by atoms with Crippen LogP contribution < -0.4 is 5.73 Å². The molecule has 0 unspecified atom stereocenters. The molecule has 2 aromatic rings. The van der Waals surface area contributed by atoms with E-state index in [1.807, 2.05) is 0 Å². The lowest BCUT2D eigenvalue weighted by atomic mass is 10.1. The van der Waals surface area contributed by atoms with Crippen LogP contribution in [0, 0.1) is 5.92 Å². The molecule has 0 aliphatic carbocycles. The zero-order valence-electron chi connectivity index (χ0n) is 11.2. The van der Waals surface area contributed by atoms with Crippen molar-refractivity contribution in [2.75, 3.05) is 5.73 Å². The van der Waals surface area contributed by atoms with Gasteiger partial charge in [-0.05, 0) is 47.4 Å². The molecule has 0 aliphatic rings. The van der Waals surface area contributed by atoms with Crippen molar-refractivity contribution in [1.29, 1.82) is 0 Å². The number of tetrazole rings is 1. The summed E-state index contributed by atoms with van der Waals surface area (Å²) in [7, 11) is 0. The number of nitrogens with zero attached hydrogens (tertiary/aromatic N) is 4. The highest BCUT2D eigenvalue weighted by molar-refractivity contribution is 6.31. The molecule has 2 rings (SSSR count). The Kier molecular flexibility index (Phi) is 4.37. The Bertz CT molecular complexity index is 550. The second kappa shape index (κ2) is 6.02. The van der Waals surface area contributed by atoms with Crippen LogP contribution in [-0.4, -0.2) is 20.2 Å². The lowest BCUT2D eigenvalue weighted by Crippen LogP contribution is -2.05. The number of rotatable bonds is 5. The number of hydrogen-bond acceptors (Lipinski definition) is 4. The molecule has 102 valence electrons. The number of nitrogens with two attached hydrogens (primary N) is 1. The summed E-state index contributed by atoms with van der Waals surface area (Å²) in [5.74, 6) is 1.35. The monoisotopic (exact) mass is 279 g/mol. The van der Waals surface area contributed by atoms with E-state index in [-0.39, 0.29) is 0 Å². The second-order valence-corrected chi connectivity index (χ2v) is 5.43. The zero-order chi connectivity index (χ0) is 13.8. The number of nitrogen functional groups attached to an aromatic ring is 1. The predicted molar refractivity (Wildman–Crippen MR) is 76.7 cm³/mol. The van der Waals surface area contributed by atoms with E-state index in [9.17, 15) is 0 Å². The maximum atomic E-state index is 6.00. The molecule has 0 spiro atoms. The van der Waals surface area contributed by atoms with Gasteiger partial charge in [0.2, 0.25) is 0 Å². The van der Waals surface area contributed by atoms with Gasteiger partial charge in [-0.15, -0.1) is 5.10 Å². The fourth-order valence-electron chi connectivity index (χ4n) is 1.92. The van der Waals surface area contributed by atoms with Gasteiger partial charge in [0.05, 0.1) is 0 Å². The Hall–Kier alpha value is -1.62. The Labute approximate surface area is 117 Å². The van der Waals surface area contributed by atoms with Crippen LogP contribution in [0.3, 0.4) is 0 Å². The Morgan fingerprint density at radius 3 is 2.89 bits per heavy atom. The average Bonchev–Trinajstić information content (AvgIpc) is 2.80. The number of hydrogen-bond donors (Lipinski definition) is 1. The van der Waals surface area contributed by atoms with Gasteiger partial charge in [-0.25, -0.2) is 4.68 Å². The van der Waals surface area contributed by atoms with Crippen molar-refractivity contribution < 1.29 is 0 Å². The first-order chi connectivity index (χ1) is 9.08. The summed E-state index contributed by atoms with van der Waals surface area (Å²) in [5.41, 5.74) is 7.37. The summed E-state index contributed by atoms with van der Waals surface area (Å²) >= 11 is 6.00. The molecule has 5 nitrogen and oxygen atoms in total. The van der Waals surface area contributed by atoms with Crippen molar-refractivity contribution in [2.45, 2.75) is 33.2 Å². The highest BCUT2D eigenvalue weighted by atomic mass is 35.5. The summed E-state index contributed by atoms with van der Waals surface area (Å²) in [4.78, 5) is 0. The van der Waals surface area contributed by atoms with Gasteiger partial charge >= 0.3 is 0 Å². The maximum Gasteiger partial charge on any atom is 0.184 e. The van der Waals surface area contributed by atoms with Gasteiger partial charge in [-0.1, -0.05) is 25.4 Å². The standard InChI is InChI=1S/C13H18ClN5/c1-9(2)4-3-7-19-13(16-17-18-19)11-8-10(14)5-6-12(11)15/h5-6,8-9H,3-4,7,15H2,1-2H3. The molecular formula is C13H18ClN5. The summed E-state index contributed by atoms with van der Waals surface area (Å²) in [6.45, 7) is 5.19. The van der Waals surface area contributed by atoms with Crippen molar-refractivity contribution in [2.24, 2.45) is 5.92 Å². The van der Waals surface area contributed by atoms with Crippen LogP contribution in [0.4, 0.5) is 5.69 Å². The van der Waals surface area contributed by atoms with E-state index in [1.165, 1.54) is 0 Å². The molecule has 2 N–H and O–H groups in total. The Morgan fingerprint density at radius 1 is 1.37 bits per heavy atom. The molecule has 6 heteroatoms. The molecule has 0 bridgehead atoms. The average molecular weight is 280 g/mol. The van der Waals surface area contributed by atoms with Gasteiger partial charge in [0.1, 0.15) is 0 Å². The zero-order valence-corrected chi connectivity index (χ0v) is 11.9. The molecule has 1 aromatic carbocycles. The fraction of sp³-hybridized carbons (Fsp3) is 0.462. The van der Waals surface area contributed by atoms with Gasteiger partial charge in [-0.2, -0.15) is 0 Å². The van der Waals surface area contributed by atoms with E-state index < -0.39 is 0 Å². The fourth-order valence-corrected chi connectivity index (χ4v) is 2.09. The van der Waals surface area contributed by atoms with Crippen LogP contribution in [0.15, 0.2) is 18.2 Å². The topological polar surface area (TPSA) is 69.6 Å². The van der Waals surface area contributed by atoms with E-state index in [0.29, 0.717) is 22.5 Å². The van der Waals surface area contributed by atoms with Crippen LogP contribution in [-0.2, 0) is 6.54 Å². The van der Waals surface area contributed by atoms with Crippen molar-refractivity contribution in [1.82, 2.24) is 20.2 Å². The lowest BCUT2D eigenvalue weighted by Gasteiger charge is -2.08. The molecule has 1 aromatic heterocycles. The summed E-state index contributed by atoms with van der Waals surface area (Å²) in [5, 5.41) is 12.4. The number of benzene rings is 1. The summed E-state index contributed by atoms with van der Waals surface area (Å²) < 4.78 is 1.78. The summed E-state index contributed by atoms with van der Waals surface area (Å²) in [6, 6.07) is 5.32. The quantitative estimate of drug-likeness (QED) is 0.854. The smallest absolute Gasteiger partial charge is 0.184 e. The maximum absolute atomic E-state index is 6.00. The molecule has 0 radical (unpaired) electrons. The molecule has 0 saturated heterocycles. The van der Waals surface area contributed by atoms with Crippen molar-refractivity contribution in [3.63, 3.8) is 0 Å². The molecule has 19 heavy (non-hydrogen) atoms. The number of aryl methyl sites for hydroxylation is 1. The molecule has 0 fully saturated rings. The van der Waals surface area contributed by atoms with Crippen LogP contribution in [0.5, 0.6) is 0 Å². The van der Waals surface area contributed by atoms with E-state index in [1.54, 1.807) is 22.9 Å². The van der Waals surface area contributed by atoms with Gasteiger partial charge in [0.15, 0.2) is 5.82 Å². The largest absolute Gasteiger partial charge is 0.398 e. The number of anilines is 1. The van der Waals surface area contributed by atoms with E-state index in [4.69, 9.17) is 17.3 Å². The third-order valence-corrected chi connectivity index (χ3v) is 3.17. The molecule has 1 heterocycles. The predicted octanol–water partition coefficient (Wildman–Crippen LogP) is 3.01. The van der Waals surface area contributed by atoms with Gasteiger partial charge in [0, 0.05) is 22.8 Å². The Balaban J connectivity index is 2.21. The molecule has 0 aliphatic heterocycles. The number of aromatic nitrogens is 4. The van der Waals surface area contributed by atoms with E-state index >= 15 is 0 Å². The first-order valence-corrected chi connectivity index (χ1v) is 6.77. The van der Waals surface area contributed by atoms with E-state index in [0.717, 1.165) is 24.9 Å². The second-order valence-electron chi connectivity index (χ2n) is 4.99. The van der Waals surface area contributed by atoms with Crippen LogP contribution in [0.2, 0.25) is 5.02 Å². The van der Waals surface area contributed by atoms with Crippen molar-refractivity contribution in [3.05, 3.63) is 23.2 Å². The summed E-state index contributed by atoms with van der Waals surface area (Å²) in [6.07, 6.45) is 2.18. The molecule has 0 saturated carbocycles. The van der Waals surface area contributed by atoms with Gasteiger partial charge in [-0.3, -0.25) is 0 Å². The third kappa shape index (κ3) is 3.44. The van der Waals surface area contributed by atoms with Gasteiger partial charge in [0.25, 0.3) is 0 Å². The molecular weight excluding hydrogens is 262 g/mol. The SMILES string of the molecule is CC(C)CCCn1nnnc1-c1cc(Cl)ccc1N. The highest BCUT2D eigenvalue weighted by Crippen LogP contribution is 2.27. The highest BCUT2D eigenvalue weighted by Gasteiger charge is 2.12. The normalized spacial score (nSPS) is 11.2. The van der Waals surface area contributed by atoms with Crippen LogP contribution in [0.25, 0.3) is 11.4 Å². The van der Waals surface area contributed by atoms with E-state index in [2.05, 4.69) is 29.4 Å². The molecule has 0 amide bonds. The first-order valence-electron chi connectivity index (χ1n) is 6.39. The lowest BCUT2D eigenvalue weighted by molar-refractivity contribution is 0.485. The first kappa shape index (κ1) is 13.8. The minimum absolute atomic E-state index is 0.626. The number of halogens is 1. The third-order valence-electron chi connectivity index (χ3n) is 2.94. The van der Waals surface area contributed by atoms with Gasteiger partial charge < -0.3 is 5.73 Å². The van der Waals surface area contributed by atoms with Crippen LogP contribution in [0.1, 0.15) is 26.7 Å². The Morgan fingerprint density at radius 2 is 2.16 bits per heavy atom. The van der Waals surface area contributed by atoms with Crippen LogP contribution >= 0.6 is 11.6 Å². The van der Waals surface area contributed by atoms with Crippen molar-refractivity contribution in [3.8, 4) is 11.4 Å². The minimum atomic E-state index is 0.626. The molecule has 0 atom stereocenters.